The molecule has 3 N–H and O–H groups in total. The van der Waals surface area contributed by atoms with Gasteiger partial charge in [-0.25, -0.2) is 9.59 Å². The van der Waals surface area contributed by atoms with E-state index in [2.05, 4.69) is 5.32 Å². The van der Waals surface area contributed by atoms with E-state index in [1.165, 1.54) is 23.9 Å². The Morgan fingerprint density at radius 1 is 1.22 bits per heavy atom. The molecule has 0 saturated heterocycles. The van der Waals surface area contributed by atoms with Gasteiger partial charge >= 0.3 is 11.9 Å². The zero-order valence-electron chi connectivity index (χ0n) is 13.8. The smallest absolute Gasteiger partial charge is 0.335 e. The molecule has 142 valence electrons. The van der Waals surface area contributed by atoms with Crippen LogP contribution in [0.4, 0.5) is 11.4 Å². The van der Waals surface area contributed by atoms with Crippen molar-refractivity contribution in [1.82, 2.24) is 0 Å². The third-order valence-corrected chi connectivity index (χ3v) is 4.85. The number of benzene rings is 2. The predicted octanol–water partition coefficient (Wildman–Crippen LogP) is 3.74. The number of thioether (sulfide) groups is 1. The maximum atomic E-state index is 11.5. The number of carbonyl (C=O) groups is 2. The summed E-state index contributed by atoms with van der Waals surface area (Å²) in [6.45, 7) is 0. The van der Waals surface area contributed by atoms with Crippen molar-refractivity contribution in [2.75, 3.05) is 11.1 Å². The second kappa shape index (κ2) is 9.24. The molecule has 8 nitrogen and oxygen atoms in total. The number of hydrogen-bond acceptors (Lipinski definition) is 6. The average Bonchev–Trinajstić information content (AvgIpc) is 2.60. The van der Waals surface area contributed by atoms with Gasteiger partial charge in [0.15, 0.2) is 0 Å². The van der Waals surface area contributed by atoms with Crippen LogP contribution in [0.2, 0.25) is 5.02 Å². The largest absolute Gasteiger partial charge is 0.480 e. The molecule has 2 aromatic rings. The SMILES string of the molecule is O=C(O)c1ccc(NC(CSCc2cccc(Cl)c2)C(=O)O)c([N+](=O)[O-])c1. The molecule has 1 unspecified atom stereocenters. The maximum absolute atomic E-state index is 11.5. The zero-order chi connectivity index (χ0) is 20.0. The number of aromatic carboxylic acids is 1. The lowest BCUT2D eigenvalue weighted by atomic mass is 10.1. The molecule has 0 saturated carbocycles. The van der Waals surface area contributed by atoms with E-state index in [1.54, 1.807) is 18.2 Å². The summed E-state index contributed by atoms with van der Waals surface area (Å²) in [6, 6.07) is 9.32. The van der Waals surface area contributed by atoms with Gasteiger partial charge in [0.25, 0.3) is 5.69 Å². The number of rotatable bonds is 9. The Morgan fingerprint density at radius 3 is 2.56 bits per heavy atom. The summed E-state index contributed by atoms with van der Waals surface area (Å²) in [5.74, 6) is -1.83. The van der Waals surface area contributed by atoms with Gasteiger partial charge in [-0.2, -0.15) is 11.8 Å². The number of halogens is 1. The van der Waals surface area contributed by atoms with Crippen molar-refractivity contribution in [1.29, 1.82) is 0 Å². The third-order valence-electron chi connectivity index (χ3n) is 3.51. The number of aliphatic carboxylic acids is 1. The van der Waals surface area contributed by atoms with Crippen molar-refractivity contribution in [3.8, 4) is 0 Å². The molecule has 0 aliphatic heterocycles. The number of anilines is 1. The molecule has 0 heterocycles. The summed E-state index contributed by atoms with van der Waals surface area (Å²) in [5.41, 5.74) is 0.115. The van der Waals surface area contributed by atoms with Gasteiger partial charge in [0.05, 0.1) is 10.5 Å². The van der Waals surface area contributed by atoms with E-state index >= 15 is 0 Å². The van der Waals surface area contributed by atoms with E-state index in [-0.39, 0.29) is 17.0 Å². The summed E-state index contributed by atoms with van der Waals surface area (Å²) in [7, 11) is 0. The van der Waals surface area contributed by atoms with E-state index in [9.17, 15) is 24.8 Å². The monoisotopic (exact) mass is 410 g/mol. The number of nitro benzene ring substituents is 1. The maximum Gasteiger partial charge on any atom is 0.335 e. The normalized spacial score (nSPS) is 11.6. The Kier molecular flexibility index (Phi) is 7.03. The van der Waals surface area contributed by atoms with Crippen molar-refractivity contribution >= 4 is 46.7 Å². The van der Waals surface area contributed by atoms with Crippen LogP contribution in [0, 0.1) is 10.1 Å². The van der Waals surface area contributed by atoms with Crippen molar-refractivity contribution in [2.45, 2.75) is 11.8 Å². The Bertz CT molecular complexity index is 876. The highest BCUT2D eigenvalue weighted by Crippen LogP contribution is 2.27. The van der Waals surface area contributed by atoms with Gasteiger partial charge in [-0.15, -0.1) is 0 Å². The van der Waals surface area contributed by atoms with E-state index in [1.807, 2.05) is 6.07 Å². The minimum absolute atomic E-state index is 0.0549. The highest BCUT2D eigenvalue weighted by atomic mass is 35.5. The predicted molar refractivity (Wildman–Crippen MR) is 103 cm³/mol. The van der Waals surface area contributed by atoms with Gasteiger partial charge in [-0.1, -0.05) is 23.7 Å². The Labute approximate surface area is 163 Å². The first-order valence-corrected chi connectivity index (χ1v) is 9.14. The zero-order valence-corrected chi connectivity index (χ0v) is 15.4. The fourth-order valence-electron chi connectivity index (χ4n) is 2.22. The Morgan fingerprint density at radius 2 is 1.96 bits per heavy atom. The van der Waals surface area contributed by atoms with Crippen molar-refractivity contribution < 1.29 is 24.7 Å². The molecule has 0 aliphatic rings. The molecule has 0 bridgehead atoms. The van der Waals surface area contributed by atoms with Gasteiger partial charge in [0, 0.05) is 22.6 Å². The molecule has 0 aliphatic carbocycles. The molecule has 1 atom stereocenters. The second-order valence-electron chi connectivity index (χ2n) is 5.47. The van der Waals surface area contributed by atoms with Crippen LogP contribution < -0.4 is 5.32 Å². The molecule has 0 amide bonds. The van der Waals surface area contributed by atoms with E-state index in [0.717, 1.165) is 11.6 Å². The number of nitrogens with zero attached hydrogens (tertiary/aromatic N) is 1. The van der Waals surface area contributed by atoms with Gasteiger partial charge < -0.3 is 15.5 Å². The number of nitrogens with one attached hydrogen (secondary N) is 1. The second-order valence-corrected chi connectivity index (χ2v) is 6.94. The Balaban J connectivity index is 2.10. The van der Waals surface area contributed by atoms with E-state index in [0.29, 0.717) is 10.8 Å². The molecule has 0 spiro atoms. The lowest BCUT2D eigenvalue weighted by Gasteiger charge is -2.16. The molecule has 0 radical (unpaired) electrons. The first kappa shape index (κ1) is 20.5. The van der Waals surface area contributed by atoms with Crippen LogP contribution >= 0.6 is 23.4 Å². The quantitative estimate of drug-likeness (QED) is 0.421. The number of carboxylic acids is 2. The minimum Gasteiger partial charge on any atom is -0.480 e. The van der Waals surface area contributed by atoms with Gasteiger partial charge in [0.2, 0.25) is 0 Å². The van der Waals surface area contributed by atoms with Crippen molar-refractivity contribution in [3.05, 3.63) is 68.7 Å². The lowest BCUT2D eigenvalue weighted by Crippen LogP contribution is -2.32. The molecule has 0 fully saturated rings. The van der Waals surface area contributed by atoms with Crippen LogP contribution in [0.1, 0.15) is 15.9 Å². The first-order chi connectivity index (χ1) is 12.8. The highest BCUT2D eigenvalue weighted by molar-refractivity contribution is 7.98. The first-order valence-electron chi connectivity index (χ1n) is 7.61. The summed E-state index contributed by atoms with van der Waals surface area (Å²) in [4.78, 5) is 32.9. The standard InChI is InChI=1S/C17H15ClN2O6S/c18-12-3-1-2-10(6-12)8-27-9-14(17(23)24)19-13-5-4-11(16(21)22)7-15(13)20(25)26/h1-7,14,19H,8-9H2,(H,21,22)(H,23,24). The molecule has 27 heavy (non-hydrogen) atoms. The third kappa shape index (κ3) is 5.87. The van der Waals surface area contributed by atoms with Crippen LogP contribution in [-0.2, 0) is 10.5 Å². The van der Waals surface area contributed by atoms with Crippen LogP contribution in [0.15, 0.2) is 42.5 Å². The molecular weight excluding hydrogens is 396 g/mol. The molecule has 2 rings (SSSR count). The topological polar surface area (TPSA) is 130 Å². The summed E-state index contributed by atoms with van der Waals surface area (Å²) < 4.78 is 0. The molecule has 0 aromatic heterocycles. The minimum atomic E-state index is -1.31. The van der Waals surface area contributed by atoms with Crippen LogP contribution in [0.3, 0.4) is 0 Å². The Hall–Kier alpha value is -2.78. The summed E-state index contributed by atoms with van der Waals surface area (Å²) in [6.07, 6.45) is 0. The highest BCUT2D eigenvalue weighted by Gasteiger charge is 2.23. The number of nitro groups is 1. The lowest BCUT2D eigenvalue weighted by molar-refractivity contribution is -0.384. The fraction of sp³-hybridized carbons (Fsp3) is 0.176. The molecular formula is C17H15ClN2O6S. The number of hydrogen-bond donors (Lipinski definition) is 3. The van der Waals surface area contributed by atoms with Crippen LogP contribution in [-0.4, -0.2) is 38.9 Å². The average molecular weight is 411 g/mol. The van der Waals surface area contributed by atoms with Crippen molar-refractivity contribution in [2.24, 2.45) is 0 Å². The van der Waals surface area contributed by atoms with Gasteiger partial charge in [-0.05, 0) is 29.8 Å². The molecule has 2 aromatic carbocycles. The van der Waals surface area contributed by atoms with Crippen LogP contribution in [0.5, 0.6) is 0 Å². The van der Waals surface area contributed by atoms with E-state index in [4.69, 9.17) is 16.7 Å². The van der Waals surface area contributed by atoms with Gasteiger partial charge in [0.1, 0.15) is 11.7 Å². The summed E-state index contributed by atoms with van der Waals surface area (Å²) >= 11 is 7.23. The van der Waals surface area contributed by atoms with Gasteiger partial charge in [-0.3, -0.25) is 10.1 Å². The van der Waals surface area contributed by atoms with E-state index < -0.39 is 28.6 Å². The fourth-order valence-corrected chi connectivity index (χ4v) is 3.43. The number of carboxylic acid groups (broad SMARTS) is 2. The van der Waals surface area contributed by atoms with Crippen molar-refractivity contribution in [3.63, 3.8) is 0 Å². The van der Waals surface area contributed by atoms with Crippen LogP contribution in [0.25, 0.3) is 0 Å². The summed E-state index contributed by atoms with van der Waals surface area (Å²) in [5, 5.41) is 32.7. The molecule has 10 heteroatoms.